The number of pyridine rings is 2. The molecule has 318 valence electrons. The number of imidazole rings is 1. The van der Waals surface area contributed by atoms with Crippen LogP contribution in [0.5, 0.6) is 5.75 Å². The first-order valence-electron chi connectivity index (χ1n) is 21.0. The Hall–Kier alpha value is -6.15. The molecule has 4 aliphatic rings. The molecule has 2 N–H and O–H groups in total. The number of alkyl halides is 2. The number of benzene rings is 1. The topological polar surface area (TPSA) is 172 Å². The number of fused-ring (bicyclic) bond motifs is 2. The van der Waals surface area contributed by atoms with Gasteiger partial charge in [0.2, 0.25) is 11.8 Å². The predicted octanol–water partition coefficient (Wildman–Crippen LogP) is 5.39. The Bertz CT molecular complexity index is 2650. The minimum absolute atomic E-state index is 0.148. The number of carbonyl (C=O) groups excluding carboxylic acids is 3. The Balaban J connectivity index is 0.806. The van der Waals surface area contributed by atoms with E-state index < -0.39 is 29.2 Å². The fraction of sp³-hybridized carbons (Fsp3) is 0.477. The maximum atomic E-state index is 16.3. The zero-order valence-electron chi connectivity index (χ0n) is 34.2. The van der Waals surface area contributed by atoms with Crippen LogP contribution in [-0.2, 0) is 16.6 Å². The Morgan fingerprint density at radius 1 is 1.03 bits per heavy atom. The monoisotopic (exact) mass is 834 g/mol. The van der Waals surface area contributed by atoms with E-state index in [1.165, 1.54) is 34.7 Å². The molecular formula is C44H48F2N10O5. The summed E-state index contributed by atoms with van der Waals surface area (Å²) in [6.45, 7) is 1.87. The summed E-state index contributed by atoms with van der Waals surface area (Å²) >= 11 is 0. The van der Waals surface area contributed by atoms with Gasteiger partial charge in [0.25, 0.3) is 11.8 Å². The fourth-order valence-electron chi connectivity index (χ4n) is 10.3. The van der Waals surface area contributed by atoms with Gasteiger partial charge in [0.1, 0.15) is 12.1 Å². The highest BCUT2D eigenvalue weighted by Gasteiger charge is 2.57. The number of nitrogens with zero attached hydrogens (tertiary/aromatic N) is 8. The summed E-state index contributed by atoms with van der Waals surface area (Å²) in [7, 11) is 3.18. The third-order valence-electron chi connectivity index (χ3n) is 13.7. The lowest BCUT2D eigenvalue weighted by molar-refractivity contribution is -0.179. The van der Waals surface area contributed by atoms with E-state index in [2.05, 4.69) is 20.5 Å². The molecule has 3 saturated heterocycles. The third kappa shape index (κ3) is 7.30. The molecule has 0 radical (unpaired) electrons. The number of ether oxygens (including phenoxy) is 1. The van der Waals surface area contributed by atoms with Crippen molar-refractivity contribution >= 4 is 45.6 Å². The number of para-hydroxylation sites is 1. The van der Waals surface area contributed by atoms with Crippen LogP contribution in [0.1, 0.15) is 91.4 Å². The summed E-state index contributed by atoms with van der Waals surface area (Å²) in [5, 5.41) is 19.3. The molecule has 5 aromatic rings. The predicted molar refractivity (Wildman–Crippen MR) is 222 cm³/mol. The number of piperidine rings is 3. The number of aromatic nitrogens is 5. The molecule has 1 unspecified atom stereocenters. The number of imide groups is 1. The van der Waals surface area contributed by atoms with E-state index >= 15 is 8.78 Å². The zero-order chi connectivity index (χ0) is 42.6. The van der Waals surface area contributed by atoms with Crippen molar-refractivity contribution in [2.45, 2.75) is 75.7 Å². The number of likely N-dealkylation sites (tertiary alicyclic amines) is 1. The van der Waals surface area contributed by atoms with Gasteiger partial charge in [0.15, 0.2) is 5.75 Å². The molecule has 1 spiro atoms. The second-order valence-corrected chi connectivity index (χ2v) is 17.2. The first-order valence-corrected chi connectivity index (χ1v) is 21.0. The number of aryl methyl sites for hydroxylation is 1. The van der Waals surface area contributed by atoms with Crippen molar-refractivity contribution in [2.75, 3.05) is 50.1 Å². The number of anilines is 2. The molecule has 3 aliphatic heterocycles. The van der Waals surface area contributed by atoms with Gasteiger partial charge in [-0.3, -0.25) is 38.7 Å². The first-order chi connectivity index (χ1) is 29.4. The van der Waals surface area contributed by atoms with Gasteiger partial charge in [-0.25, -0.2) is 18.1 Å². The van der Waals surface area contributed by atoms with Crippen LogP contribution in [0.25, 0.3) is 16.6 Å². The Kier molecular flexibility index (Phi) is 10.4. The van der Waals surface area contributed by atoms with Crippen LogP contribution in [0.2, 0.25) is 0 Å². The molecule has 15 nitrogen and oxygen atoms in total. The van der Waals surface area contributed by atoms with Crippen LogP contribution in [0.4, 0.5) is 20.2 Å². The number of nitrogens with one attached hydrogen (secondary N) is 2. The summed E-state index contributed by atoms with van der Waals surface area (Å²) in [6, 6.07) is 12.0. The van der Waals surface area contributed by atoms with Crippen LogP contribution < -0.4 is 26.0 Å². The molecule has 61 heavy (non-hydrogen) atoms. The molecule has 1 aliphatic carbocycles. The Labute approximate surface area is 350 Å². The van der Waals surface area contributed by atoms with E-state index in [1.807, 2.05) is 29.2 Å². The first kappa shape index (κ1) is 40.3. The van der Waals surface area contributed by atoms with Gasteiger partial charge in [0, 0.05) is 56.8 Å². The number of hydrogen-bond donors (Lipinski definition) is 2. The molecule has 0 bridgehead atoms. The summed E-state index contributed by atoms with van der Waals surface area (Å²) in [5.74, 6) is -3.15. The minimum Gasteiger partial charge on any atom is -0.493 e. The third-order valence-corrected chi connectivity index (χ3v) is 13.7. The van der Waals surface area contributed by atoms with Gasteiger partial charge in [-0.05, 0) is 94.2 Å². The molecule has 4 aromatic heterocycles. The molecule has 1 atom stereocenters. The largest absolute Gasteiger partial charge is 0.493 e. The van der Waals surface area contributed by atoms with Crippen molar-refractivity contribution in [2.24, 2.45) is 18.4 Å². The second-order valence-electron chi connectivity index (χ2n) is 17.2. The normalized spacial score (nSPS) is 22.9. The van der Waals surface area contributed by atoms with Crippen molar-refractivity contribution in [3.05, 3.63) is 82.3 Å². The molecule has 3 amide bonds. The molecule has 4 fully saturated rings. The van der Waals surface area contributed by atoms with Crippen LogP contribution in [0, 0.1) is 22.7 Å². The van der Waals surface area contributed by atoms with E-state index in [0.29, 0.717) is 73.8 Å². The molecular weight excluding hydrogens is 787 g/mol. The number of halogens is 2. The number of methoxy groups -OCH3 is 1. The van der Waals surface area contributed by atoms with Crippen molar-refractivity contribution < 1.29 is 27.9 Å². The second kappa shape index (κ2) is 15.7. The Morgan fingerprint density at radius 3 is 2.52 bits per heavy atom. The van der Waals surface area contributed by atoms with E-state index in [4.69, 9.17) is 9.84 Å². The maximum Gasteiger partial charge on any atom is 0.329 e. The molecule has 1 aromatic carbocycles. The SMILES string of the molecule is COc1cn2nc(C3CCC(CN4CCC5(CCN(c6cccc7c6n(C)c(=O)n7C6CCC(=O)NC6=O)CC5)C(F)(F)C4)CC3)cc2cc1NC(=O)c1cncc(C#N)c1. The summed E-state index contributed by atoms with van der Waals surface area (Å²) in [6.07, 6.45) is 9.64. The summed E-state index contributed by atoms with van der Waals surface area (Å²) in [4.78, 5) is 59.0. The van der Waals surface area contributed by atoms with E-state index in [-0.39, 0.29) is 48.0 Å². The van der Waals surface area contributed by atoms with E-state index in [9.17, 15) is 24.4 Å². The van der Waals surface area contributed by atoms with Crippen LogP contribution in [0.15, 0.2) is 59.8 Å². The number of amides is 3. The van der Waals surface area contributed by atoms with Crippen molar-refractivity contribution in [1.29, 1.82) is 5.26 Å². The molecule has 17 heteroatoms. The van der Waals surface area contributed by atoms with Gasteiger partial charge in [0.05, 0.1) is 64.6 Å². The number of hydrogen-bond acceptors (Lipinski definition) is 10. The van der Waals surface area contributed by atoms with Crippen molar-refractivity contribution in [3.63, 3.8) is 0 Å². The van der Waals surface area contributed by atoms with Gasteiger partial charge in [-0.1, -0.05) is 6.07 Å². The van der Waals surface area contributed by atoms with Gasteiger partial charge in [-0.15, -0.1) is 0 Å². The van der Waals surface area contributed by atoms with Gasteiger partial charge in [-0.2, -0.15) is 10.4 Å². The number of carbonyl (C=O) groups is 3. The zero-order valence-corrected chi connectivity index (χ0v) is 34.2. The summed E-state index contributed by atoms with van der Waals surface area (Å²) < 4.78 is 43.0. The molecule has 1 saturated carbocycles. The highest BCUT2D eigenvalue weighted by molar-refractivity contribution is 6.05. The van der Waals surface area contributed by atoms with Crippen LogP contribution in [-0.4, -0.2) is 92.1 Å². The van der Waals surface area contributed by atoms with Crippen LogP contribution >= 0.6 is 0 Å². The molecule has 9 rings (SSSR count). The minimum atomic E-state index is -2.85. The summed E-state index contributed by atoms with van der Waals surface area (Å²) in [5.41, 5.74) is 3.31. The van der Waals surface area contributed by atoms with Crippen molar-refractivity contribution in [3.8, 4) is 11.8 Å². The van der Waals surface area contributed by atoms with Gasteiger partial charge < -0.3 is 15.0 Å². The maximum absolute atomic E-state index is 16.3. The van der Waals surface area contributed by atoms with Gasteiger partial charge >= 0.3 is 5.69 Å². The number of rotatable bonds is 8. The highest BCUT2D eigenvalue weighted by Crippen LogP contribution is 2.52. The average molecular weight is 835 g/mol. The lowest BCUT2D eigenvalue weighted by Gasteiger charge is -2.52. The molecule has 7 heterocycles. The van der Waals surface area contributed by atoms with E-state index in [1.54, 1.807) is 29.9 Å². The van der Waals surface area contributed by atoms with Crippen molar-refractivity contribution in [1.82, 2.24) is 33.9 Å². The number of nitriles is 1. The standard InChI is InChI=1S/C44H48F2N10O5/c1-52-39-34(4-3-5-35(39)56(42(52)60)36-10-11-38(57)50-41(36)59)54-16-13-43(14-17-54)12-15-53(26-44(43,45)46)24-27-6-8-29(9-7-27)32-19-31-20-33(37(61-2)25-55(31)51-32)49-40(58)30-18-28(21-47)22-48-23-30/h3-5,18-20,22-23,25,27,29,36H,6-17,24,26H2,1-2H3,(H,49,58)(H,50,57,59). The lowest BCUT2D eigenvalue weighted by Crippen LogP contribution is -2.59. The fourth-order valence-corrected chi connectivity index (χ4v) is 10.3. The highest BCUT2D eigenvalue weighted by atomic mass is 19.3. The van der Waals surface area contributed by atoms with Crippen LogP contribution in [0.3, 0.4) is 0 Å². The Morgan fingerprint density at radius 2 is 1.80 bits per heavy atom. The average Bonchev–Trinajstić information content (AvgIpc) is 3.79. The smallest absolute Gasteiger partial charge is 0.329 e. The quantitative estimate of drug-likeness (QED) is 0.193. The van der Waals surface area contributed by atoms with E-state index in [0.717, 1.165) is 42.6 Å². The lowest BCUT2D eigenvalue weighted by atomic mass is 9.68.